The summed E-state index contributed by atoms with van der Waals surface area (Å²) in [5.74, 6) is 1.69. The average molecular weight is 314 g/mol. The Morgan fingerprint density at radius 2 is 2.14 bits per heavy atom. The molecule has 0 bridgehead atoms. The van der Waals surface area contributed by atoms with Crippen LogP contribution < -0.4 is 5.73 Å². The lowest BCUT2D eigenvalue weighted by Crippen LogP contribution is -2.56. The third kappa shape index (κ3) is 4.03. The van der Waals surface area contributed by atoms with Gasteiger partial charge in [0, 0.05) is 26.2 Å². The van der Waals surface area contributed by atoms with Crippen molar-refractivity contribution >= 4 is 23.5 Å². The molecular weight excluding hydrogens is 288 g/mol. The molecule has 2 atom stereocenters. The first-order valence-corrected chi connectivity index (χ1v) is 8.84. The molecule has 2 heterocycles. The van der Waals surface area contributed by atoms with E-state index in [2.05, 4.69) is 17.0 Å². The number of piperazine rings is 1. The summed E-state index contributed by atoms with van der Waals surface area (Å²) in [5, 5.41) is 12.3. The number of amidine groups is 1. The normalized spacial score (nSPS) is 26.0. The summed E-state index contributed by atoms with van der Waals surface area (Å²) in [5.41, 5.74) is 5.80. The number of hydrogen-bond donors (Lipinski definition) is 2. The fourth-order valence-corrected chi connectivity index (χ4v) is 4.33. The van der Waals surface area contributed by atoms with Crippen molar-refractivity contribution in [3.63, 3.8) is 0 Å². The molecule has 2 unspecified atom stereocenters. The molecule has 0 spiro atoms. The van der Waals surface area contributed by atoms with Gasteiger partial charge in [-0.2, -0.15) is 0 Å². The highest BCUT2D eigenvalue weighted by Crippen LogP contribution is 2.28. The molecule has 6 nitrogen and oxygen atoms in total. The smallest absolute Gasteiger partial charge is 0.235 e. The second-order valence-corrected chi connectivity index (χ2v) is 7.00. The van der Waals surface area contributed by atoms with Crippen LogP contribution in [0.2, 0.25) is 0 Å². The predicted molar refractivity (Wildman–Crippen MR) is 85.7 cm³/mol. The molecule has 0 saturated carbocycles. The zero-order chi connectivity index (χ0) is 15.2. The molecule has 21 heavy (non-hydrogen) atoms. The molecule has 0 aromatic heterocycles. The van der Waals surface area contributed by atoms with E-state index < -0.39 is 0 Å². The van der Waals surface area contributed by atoms with Crippen molar-refractivity contribution in [3.8, 4) is 0 Å². The van der Waals surface area contributed by atoms with E-state index in [0.717, 1.165) is 57.6 Å². The first-order chi connectivity index (χ1) is 10.2. The molecule has 120 valence electrons. The second-order valence-electron chi connectivity index (χ2n) is 5.69. The van der Waals surface area contributed by atoms with Gasteiger partial charge in [0.25, 0.3) is 0 Å². The maximum atomic E-state index is 12.4. The molecule has 2 saturated heterocycles. The predicted octanol–water partition coefficient (Wildman–Crippen LogP) is 0.941. The van der Waals surface area contributed by atoms with Gasteiger partial charge in [0.2, 0.25) is 5.91 Å². The summed E-state index contributed by atoms with van der Waals surface area (Å²) < 4.78 is 0. The molecule has 0 aliphatic carbocycles. The van der Waals surface area contributed by atoms with Crippen molar-refractivity contribution < 1.29 is 10.0 Å². The Balaban J connectivity index is 1.87. The fraction of sp³-hybridized carbons (Fsp3) is 0.857. The van der Waals surface area contributed by atoms with Gasteiger partial charge < -0.3 is 15.8 Å². The van der Waals surface area contributed by atoms with Crippen LogP contribution in [0.15, 0.2) is 5.16 Å². The molecule has 3 N–H and O–H groups in total. The van der Waals surface area contributed by atoms with Crippen LogP contribution in [0.1, 0.15) is 32.6 Å². The Bertz CT molecular complexity index is 377. The largest absolute Gasteiger partial charge is 0.409 e. The quantitative estimate of drug-likeness (QED) is 0.342. The molecule has 0 aromatic carbocycles. The molecule has 2 aliphatic rings. The van der Waals surface area contributed by atoms with Gasteiger partial charge in [-0.15, -0.1) is 11.8 Å². The number of thioether (sulfide) groups is 1. The van der Waals surface area contributed by atoms with E-state index in [4.69, 9.17) is 10.9 Å². The van der Waals surface area contributed by atoms with Crippen LogP contribution in [-0.2, 0) is 4.79 Å². The third-order valence-corrected chi connectivity index (χ3v) is 5.65. The van der Waals surface area contributed by atoms with Crippen LogP contribution in [0, 0.1) is 0 Å². The van der Waals surface area contributed by atoms with Gasteiger partial charge in [0.1, 0.15) is 0 Å². The van der Waals surface area contributed by atoms with E-state index in [-0.39, 0.29) is 17.1 Å². The first-order valence-electron chi connectivity index (χ1n) is 7.79. The molecule has 2 fully saturated rings. The minimum atomic E-state index is -0.0156. The van der Waals surface area contributed by atoms with E-state index in [1.807, 2.05) is 4.90 Å². The number of amides is 1. The lowest BCUT2D eigenvalue weighted by molar-refractivity contribution is -0.132. The zero-order valence-electron chi connectivity index (χ0n) is 12.7. The van der Waals surface area contributed by atoms with Crippen LogP contribution in [-0.4, -0.2) is 70.0 Å². The zero-order valence-corrected chi connectivity index (χ0v) is 13.5. The molecule has 2 rings (SSSR count). The summed E-state index contributed by atoms with van der Waals surface area (Å²) in [6.07, 6.45) is 4.04. The fourth-order valence-electron chi connectivity index (χ4n) is 3.09. The summed E-state index contributed by atoms with van der Waals surface area (Å²) >= 11 is 1.79. The van der Waals surface area contributed by atoms with Crippen LogP contribution in [0.4, 0.5) is 0 Å². The maximum absolute atomic E-state index is 12.4. The Hall–Kier alpha value is -0.950. The van der Waals surface area contributed by atoms with Crippen LogP contribution >= 0.6 is 11.8 Å². The number of carbonyl (C=O) groups excluding carboxylic acids is 1. The first kappa shape index (κ1) is 16.4. The Kier molecular flexibility index (Phi) is 6.17. The SMILES string of the molecule is CCCC(C(N)=NO)N1CCN(C(=O)C2CCCS2)CC1. The van der Waals surface area contributed by atoms with Crippen molar-refractivity contribution in [1.29, 1.82) is 0 Å². The van der Waals surface area contributed by atoms with Crippen molar-refractivity contribution in [2.45, 2.75) is 43.9 Å². The van der Waals surface area contributed by atoms with Crippen LogP contribution in [0.3, 0.4) is 0 Å². The van der Waals surface area contributed by atoms with E-state index in [1.54, 1.807) is 11.8 Å². The van der Waals surface area contributed by atoms with Gasteiger partial charge in [-0.3, -0.25) is 9.69 Å². The summed E-state index contributed by atoms with van der Waals surface area (Å²) in [4.78, 5) is 16.6. The highest BCUT2D eigenvalue weighted by Gasteiger charge is 2.32. The van der Waals surface area contributed by atoms with Crippen LogP contribution in [0.5, 0.6) is 0 Å². The van der Waals surface area contributed by atoms with Gasteiger partial charge in [-0.1, -0.05) is 18.5 Å². The molecule has 7 heteroatoms. The Labute approximate surface area is 130 Å². The number of oxime groups is 1. The molecule has 0 radical (unpaired) electrons. The van der Waals surface area contributed by atoms with Gasteiger partial charge in [-0.05, 0) is 25.0 Å². The van der Waals surface area contributed by atoms with Gasteiger partial charge in [-0.25, -0.2) is 0 Å². The number of rotatable bonds is 5. The molecule has 2 aliphatic heterocycles. The minimum Gasteiger partial charge on any atom is -0.409 e. The van der Waals surface area contributed by atoms with Crippen molar-refractivity contribution in [3.05, 3.63) is 0 Å². The monoisotopic (exact) mass is 314 g/mol. The molecular formula is C14H26N4O2S. The minimum absolute atomic E-state index is 0.0156. The van der Waals surface area contributed by atoms with Gasteiger partial charge >= 0.3 is 0 Å². The number of carbonyl (C=O) groups is 1. The Morgan fingerprint density at radius 1 is 1.43 bits per heavy atom. The topological polar surface area (TPSA) is 82.2 Å². The molecule has 0 aromatic rings. The number of nitrogens with two attached hydrogens (primary N) is 1. The van der Waals surface area contributed by atoms with E-state index in [1.165, 1.54) is 0 Å². The number of hydrogen-bond acceptors (Lipinski definition) is 5. The van der Waals surface area contributed by atoms with Crippen LogP contribution in [0.25, 0.3) is 0 Å². The standard InChI is InChI=1S/C14H26N4O2S/c1-2-4-11(13(15)16-20)17-6-8-18(9-7-17)14(19)12-5-3-10-21-12/h11-12,20H,2-10H2,1H3,(H2,15,16). The van der Waals surface area contributed by atoms with E-state index in [9.17, 15) is 4.79 Å². The lowest BCUT2D eigenvalue weighted by atomic mass is 10.1. The van der Waals surface area contributed by atoms with Crippen molar-refractivity contribution in [2.24, 2.45) is 10.9 Å². The van der Waals surface area contributed by atoms with Gasteiger partial charge in [0.05, 0.1) is 11.3 Å². The van der Waals surface area contributed by atoms with Crippen molar-refractivity contribution in [1.82, 2.24) is 9.80 Å². The second kappa shape index (κ2) is 7.89. The third-order valence-electron chi connectivity index (χ3n) is 4.29. The summed E-state index contributed by atoms with van der Waals surface area (Å²) in [7, 11) is 0. The highest BCUT2D eigenvalue weighted by atomic mass is 32.2. The van der Waals surface area contributed by atoms with Gasteiger partial charge in [0.15, 0.2) is 5.84 Å². The highest BCUT2D eigenvalue weighted by molar-refractivity contribution is 8.00. The van der Waals surface area contributed by atoms with E-state index >= 15 is 0 Å². The summed E-state index contributed by atoms with van der Waals surface area (Å²) in [6.45, 7) is 5.17. The average Bonchev–Trinajstić information content (AvgIpc) is 3.06. The number of nitrogens with zero attached hydrogens (tertiary/aromatic N) is 3. The van der Waals surface area contributed by atoms with Crippen molar-refractivity contribution in [2.75, 3.05) is 31.9 Å². The maximum Gasteiger partial charge on any atom is 0.235 e. The summed E-state index contributed by atoms with van der Waals surface area (Å²) in [6, 6.07) is -0.0156. The lowest BCUT2D eigenvalue weighted by Gasteiger charge is -2.39. The molecule has 1 amide bonds. The van der Waals surface area contributed by atoms with E-state index in [0.29, 0.717) is 5.91 Å². The Morgan fingerprint density at radius 3 is 2.67 bits per heavy atom.